The molecule has 0 fully saturated rings. The fourth-order valence-corrected chi connectivity index (χ4v) is 2.30. The zero-order valence-corrected chi connectivity index (χ0v) is 12.1. The number of nitrogens with one attached hydrogen (secondary N) is 1. The lowest BCUT2D eigenvalue weighted by Gasteiger charge is -2.19. The van der Waals surface area contributed by atoms with E-state index in [0.717, 1.165) is 24.2 Å². The minimum Gasteiger partial charge on any atom is -0.385 e. The fraction of sp³-hybridized carbons (Fsp3) is 0.571. The van der Waals surface area contributed by atoms with Gasteiger partial charge in [-0.3, -0.25) is 4.21 Å². The Morgan fingerprint density at radius 3 is 2.47 bits per heavy atom. The smallest absolute Gasteiger partial charge is 0.0503 e. The Labute approximate surface area is 107 Å². The van der Waals surface area contributed by atoms with E-state index in [1.807, 2.05) is 18.2 Å². The molecule has 1 aromatic carbocycles. The van der Waals surface area contributed by atoms with Crippen LogP contribution in [0.2, 0.25) is 0 Å². The summed E-state index contributed by atoms with van der Waals surface area (Å²) < 4.78 is 11.3. The molecule has 1 aromatic rings. The minimum atomic E-state index is -0.789. The first-order chi connectivity index (χ1) is 7.88. The molecule has 96 valence electrons. The summed E-state index contributed by atoms with van der Waals surface area (Å²) in [5.41, 5.74) is 2.60. The molecule has 0 aliphatic rings. The van der Waals surface area contributed by atoms with E-state index in [9.17, 15) is 4.21 Å². The number of anilines is 1. The predicted octanol–water partition coefficient (Wildman–Crippen LogP) is 3.41. The maximum atomic E-state index is 11.3. The minimum absolute atomic E-state index is 0.343. The molecule has 0 spiro atoms. The van der Waals surface area contributed by atoms with Crippen molar-refractivity contribution in [2.45, 2.75) is 32.9 Å². The molecule has 0 heterocycles. The van der Waals surface area contributed by atoms with Crippen molar-refractivity contribution in [2.75, 3.05) is 18.1 Å². The van der Waals surface area contributed by atoms with Crippen molar-refractivity contribution in [3.8, 4) is 0 Å². The lowest BCUT2D eigenvalue weighted by molar-refractivity contribution is 0.390. The Morgan fingerprint density at radius 1 is 1.24 bits per heavy atom. The number of rotatable bonds is 5. The van der Waals surface area contributed by atoms with Crippen LogP contribution in [0.5, 0.6) is 0 Å². The highest BCUT2D eigenvalue weighted by atomic mass is 32.2. The first-order valence-electron chi connectivity index (χ1n) is 6.00. The highest BCUT2D eigenvalue weighted by molar-refractivity contribution is 7.83. The lowest BCUT2D eigenvalue weighted by atomic mass is 9.92. The number of hydrogen-bond donors (Lipinski definition) is 1. The van der Waals surface area contributed by atoms with Crippen molar-refractivity contribution in [1.29, 1.82) is 0 Å². The molecule has 1 N–H and O–H groups in total. The van der Waals surface area contributed by atoms with E-state index >= 15 is 0 Å². The maximum absolute atomic E-state index is 11.3. The molecular formula is C14H23NOS. The summed E-state index contributed by atoms with van der Waals surface area (Å²) in [5.74, 6) is 0.624. The molecule has 0 saturated carbocycles. The van der Waals surface area contributed by atoms with Gasteiger partial charge < -0.3 is 5.32 Å². The van der Waals surface area contributed by atoms with Crippen LogP contribution in [0.4, 0.5) is 5.69 Å². The van der Waals surface area contributed by atoms with Crippen LogP contribution in [0, 0.1) is 5.41 Å². The molecule has 0 saturated heterocycles. The zero-order chi connectivity index (χ0) is 12.9. The van der Waals surface area contributed by atoms with E-state index in [-0.39, 0.29) is 0 Å². The van der Waals surface area contributed by atoms with Crippen LogP contribution in [0.1, 0.15) is 32.8 Å². The molecule has 17 heavy (non-hydrogen) atoms. The highest BCUT2D eigenvalue weighted by Gasteiger charge is 2.10. The van der Waals surface area contributed by atoms with Crippen molar-refractivity contribution in [1.82, 2.24) is 0 Å². The second-order valence-corrected chi connectivity index (χ2v) is 7.05. The van der Waals surface area contributed by atoms with E-state index in [1.54, 1.807) is 6.26 Å². The molecule has 0 bridgehead atoms. The van der Waals surface area contributed by atoms with E-state index in [0.29, 0.717) is 11.2 Å². The van der Waals surface area contributed by atoms with Crippen LogP contribution in [-0.4, -0.2) is 17.0 Å². The first-order valence-corrected chi connectivity index (χ1v) is 7.73. The molecule has 0 aliphatic carbocycles. The van der Waals surface area contributed by atoms with Gasteiger partial charge in [-0.2, -0.15) is 0 Å². The summed E-state index contributed by atoms with van der Waals surface area (Å²) in [5, 5.41) is 3.44. The molecule has 0 aromatic heterocycles. The van der Waals surface area contributed by atoms with Crippen LogP contribution >= 0.6 is 0 Å². The first kappa shape index (κ1) is 14.2. The van der Waals surface area contributed by atoms with Gasteiger partial charge in [-0.05, 0) is 23.5 Å². The van der Waals surface area contributed by atoms with E-state index in [1.165, 1.54) is 0 Å². The zero-order valence-electron chi connectivity index (χ0n) is 11.2. The van der Waals surface area contributed by atoms with Crippen molar-refractivity contribution in [2.24, 2.45) is 5.41 Å². The van der Waals surface area contributed by atoms with Gasteiger partial charge in [-0.1, -0.05) is 39.0 Å². The number of benzene rings is 1. The summed E-state index contributed by atoms with van der Waals surface area (Å²) in [6, 6.07) is 8.12. The molecule has 0 radical (unpaired) electrons. The van der Waals surface area contributed by atoms with Gasteiger partial charge in [0.15, 0.2) is 0 Å². The third kappa shape index (κ3) is 5.87. The Balaban J connectivity index is 2.61. The van der Waals surface area contributed by atoms with Gasteiger partial charge in [0, 0.05) is 29.3 Å². The summed E-state index contributed by atoms with van der Waals surface area (Å²) in [6.07, 6.45) is 2.86. The molecule has 2 nitrogen and oxygen atoms in total. The third-order valence-corrected chi connectivity index (χ3v) is 3.28. The standard InChI is InChI=1S/C14H23NOS/c1-14(2,3)9-10-15-13-8-6-5-7-12(13)11-17(4)16/h5-8,15H,9-11H2,1-4H3. The monoisotopic (exact) mass is 253 g/mol. The predicted molar refractivity (Wildman–Crippen MR) is 76.8 cm³/mol. The second-order valence-electron chi connectivity index (χ2n) is 5.61. The SMILES string of the molecule is CS(=O)Cc1ccccc1NCCC(C)(C)C. The van der Waals surface area contributed by atoms with Crippen molar-refractivity contribution in [3.05, 3.63) is 29.8 Å². The molecule has 3 heteroatoms. The van der Waals surface area contributed by atoms with E-state index in [4.69, 9.17) is 0 Å². The van der Waals surface area contributed by atoms with Crippen LogP contribution in [0.3, 0.4) is 0 Å². The summed E-state index contributed by atoms with van der Waals surface area (Å²) in [7, 11) is -0.789. The lowest BCUT2D eigenvalue weighted by Crippen LogP contribution is -2.13. The van der Waals surface area contributed by atoms with Gasteiger partial charge >= 0.3 is 0 Å². The Morgan fingerprint density at radius 2 is 1.88 bits per heavy atom. The molecular weight excluding hydrogens is 230 g/mol. The fourth-order valence-electron chi connectivity index (χ4n) is 1.61. The number of para-hydroxylation sites is 1. The normalized spacial score (nSPS) is 13.4. The van der Waals surface area contributed by atoms with E-state index < -0.39 is 10.8 Å². The second kappa shape index (κ2) is 6.20. The third-order valence-electron chi connectivity index (χ3n) is 2.57. The Hall–Kier alpha value is -0.830. The molecule has 1 unspecified atom stereocenters. The van der Waals surface area contributed by atoms with Gasteiger partial charge in [-0.25, -0.2) is 0 Å². The highest BCUT2D eigenvalue weighted by Crippen LogP contribution is 2.20. The van der Waals surface area contributed by atoms with E-state index in [2.05, 4.69) is 32.2 Å². The van der Waals surface area contributed by atoms with Crippen LogP contribution < -0.4 is 5.32 Å². The van der Waals surface area contributed by atoms with Crippen LogP contribution in [0.15, 0.2) is 24.3 Å². The summed E-state index contributed by atoms with van der Waals surface area (Å²) in [4.78, 5) is 0. The summed E-state index contributed by atoms with van der Waals surface area (Å²) >= 11 is 0. The Bertz CT molecular complexity index is 382. The average Bonchev–Trinajstić information content (AvgIpc) is 2.18. The van der Waals surface area contributed by atoms with Crippen molar-refractivity contribution in [3.63, 3.8) is 0 Å². The molecule has 0 aliphatic heterocycles. The quantitative estimate of drug-likeness (QED) is 0.871. The molecule has 1 atom stereocenters. The Kier molecular flexibility index (Phi) is 5.19. The van der Waals surface area contributed by atoms with Gasteiger partial charge in [0.2, 0.25) is 0 Å². The largest absolute Gasteiger partial charge is 0.385 e. The maximum Gasteiger partial charge on any atom is 0.0503 e. The summed E-state index contributed by atoms with van der Waals surface area (Å²) in [6.45, 7) is 7.67. The van der Waals surface area contributed by atoms with Gasteiger partial charge in [0.1, 0.15) is 0 Å². The number of hydrogen-bond acceptors (Lipinski definition) is 2. The van der Waals surface area contributed by atoms with Crippen molar-refractivity contribution >= 4 is 16.5 Å². The van der Waals surface area contributed by atoms with Crippen molar-refractivity contribution < 1.29 is 4.21 Å². The molecule has 1 rings (SSSR count). The van der Waals surface area contributed by atoms with Crippen LogP contribution in [0.25, 0.3) is 0 Å². The van der Waals surface area contributed by atoms with Crippen LogP contribution in [-0.2, 0) is 16.6 Å². The van der Waals surface area contributed by atoms with Gasteiger partial charge in [0.05, 0.1) is 5.75 Å². The molecule has 0 amide bonds. The van der Waals surface area contributed by atoms with Gasteiger partial charge in [0.25, 0.3) is 0 Å². The average molecular weight is 253 g/mol. The topological polar surface area (TPSA) is 29.1 Å². The van der Waals surface area contributed by atoms with Gasteiger partial charge in [-0.15, -0.1) is 0 Å².